The number of carbonyl (C=O) groups is 1. The largest absolute Gasteiger partial charge is 0.481 e. The summed E-state index contributed by atoms with van der Waals surface area (Å²) >= 11 is 0. The van der Waals surface area contributed by atoms with Crippen LogP contribution in [0.1, 0.15) is 18.4 Å². The van der Waals surface area contributed by atoms with Crippen LogP contribution in [0.2, 0.25) is 0 Å². The molecule has 0 amide bonds. The SMILES string of the molecule is N#Cc1ccccc1N1CCCNC(CC(=O)O)C1. The molecule has 5 nitrogen and oxygen atoms in total. The van der Waals surface area contributed by atoms with Gasteiger partial charge in [0, 0.05) is 19.1 Å². The van der Waals surface area contributed by atoms with Crippen molar-refractivity contribution in [2.45, 2.75) is 18.9 Å². The molecule has 0 aromatic heterocycles. The standard InChI is InChI=1S/C14H17N3O2/c15-9-11-4-1-2-5-13(11)17-7-3-6-16-12(10-17)8-14(18)19/h1-2,4-5,12,16H,3,6-8,10H2,(H,18,19). The first-order valence-corrected chi connectivity index (χ1v) is 6.40. The average molecular weight is 259 g/mol. The zero-order valence-electron chi connectivity index (χ0n) is 10.7. The molecule has 19 heavy (non-hydrogen) atoms. The van der Waals surface area contributed by atoms with Crippen LogP contribution in [0, 0.1) is 11.3 Å². The molecule has 2 rings (SSSR count). The molecule has 1 unspecified atom stereocenters. The summed E-state index contributed by atoms with van der Waals surface area (Å²) in [6, 6.07) is 9.57. The molecule has 1 fully saturated rings. The number of nitrogens with zero attached hydrogens (tertiary/aromatic N) is 2. The Labute approximate surface area is 112 Å². The third kappa shape index (κ3) is 3.46. The van der Waals surface area contributed by atoms with Gasteiger partial charge in [0.25, 0.3) is 0 Å². The van der Waals surface area contributed by atoms with Gasteiger partial charge in [-0.1, -0.05) is 12.1 Å². The zero-order chi connectivity index (χ0) is 13.7. The lowest BCUT2D eigenvalue weighted by Crippen LogP contribution is -2.39. The van der Waals surface area contributed by atoms with Gasteiger partial charge in [-0.15, -0.1) is 0 Å². The second-order valence-corrected chi connectivity index (χ2v) is 4.68. The van der Waals surface area contributed by atoms with E-state index in [4.69, 9.17) is 10.4 Å². The van der Waals surface area contributed by atoms with E-state index in [-0.39, 0.29) is 12.5 Å². The predicted octanol–water partition coefficient (Wildman–Crippen LogP) is 1.20. The molecule has 1 atom stereocenters. The number of aliphatic carboxylic acids is 1. The summed E-state index contributed by atoms with van der Waals surface area (Å²) in [5.41, 5.74) is 1.53. The minimum atomic E-state index is -0.798. The van der Waals surface area contributed by atoms with Crippen LogP contribution in [0.5, 0.6) is 0 Å². The van der Waals surface area contributed by atoms with Crippen molar-refractivity contribution < 1.29 is 9.90 Å². The van der Waals surface area contributed by atoms with E-state index in [9.17, 15) is 4.79 Å². The first-order chi connectivity index (χ1) is 9.20. The minimum absolute atomic E-state index is 0.0771. The highest BCUT2D eigenvalue weighted by Gasteiger charge is 2.21. The number of anilines is 1. The second kappa shape index (κ2) is 6.21. The highest BCUT2D eigenvalue weighted by molar-refractivity contribution is 5.68. The summed E-state index contributed by atoms with van der Waals surface area (Å²) < 4.78 is 0. The molecule has 5 heteroatoms. The van der Waals surface area contributed by atoms with Gasteiger partial charge >= 0.3 is 5.97 Å². The van der Waals surface area contributed by atoms with E-state index in [1.165, 1.54) is 0 Å². The Hall–Kier alpha value is -2.06. The topological polar surface area (TPSA) is 76.4 Å². The van der Waals surface area contributed by atoms with Gasteiger partial charge in [0.2, 0.25) is 0 Å². The van der Waals surface area contributed by atoms with Gasteiger partial charge in [0.05, 0.1) is 17.7 Å². The first-order valence-electron chi connectivity index (χ1n) is 6.40. The maximum absolute atomic E-state index is 10.8. The van der Waals surface area contributed by atoms with Crippen LogP contribution < -0.4 is 10.2 Å². The molecule has 0 radical (unpaired) electrons. The monoisotopic (exact) mass is 259 g/mol. The fraction of sp³-hybridized carbons (Fsp3) is 0.429. The molecular weight excluding hydrogens is 242 g/mol. The van der Waals surface area contributed by atoms with E-state index >= 15 is 0 Å². The highest BCUT2D eigenvalue weighted by Crippen LogP contribution is 2.21. The molecule has 1 aliphatic heterocycles. The average Bonchev–Trinajstić information content (AvgIpc) is 2.63. The second-order valence-electron chi connectivity index (χ2n) is 4.68. The van der Waals surface area contributed by atoms with Crippen molar-refractivity contribution in [3.63, 3.8) is 0 Å². The van der Waals surface area contributed by atoms with Crippen molar-refractivity contribution in [1.82, 2.24) is 5.32 Å². The molecule has 0 aliphatic carbocycles. The van der Waals surface area contributed by atoms with E-state index in [2.05, 4.69) is 16.3 Å². The minimum Gasteiger partial charge on any atom is -0.481 e. The van der Waals surface area contributed by atoms with Crippen molar-refractivity contribution >= 4 is 11.7 Å². The Morgan fingerprint density at radius 1 is 1.53 bits per heavy atom. The zero-order valence-corrected chi connectivity index (χ0v) is 10.7. The lowest BCUT2D eigenvalue weighted by molar-refractivity contribution is -0.137. The van der Waals surface area contributed by atoms with Crippen molar-refractivity contribution in [1.29, 1.82) is 5.26 Å². The number of nitriles is 1. The third-order valence-corrected chi connectivity index (χ3v) is 3.26. The Bertz CT molecular complexity index is 496. The number of hydrogen-bond donors (Lipinski definition) is 2. The van der Waals surface area contributed by atoms with Crippen LogP contribution in [0.4, 0.5) is 5.69 Å². The van der Waals surface area contributed by atoms with Gasteiger partial charge in [0.15, 0.2) is 0 Å². The summed E-state index contributed by atoms with van der Waals surface area (Å²) in [6.45, 7) is 2.26. The summed E-state index contributed by atoms with van der Waals surface area (Å²) in [5.74, 6) is -0.798. The first kappa shape index (κ1) is 13.4. The maximum Gasteiger partial charge on any atom is 0.304 e. The van der Waals surface area contributed by atoms with E-state index in [0.717, 1.165) is 25.2 Å². The van der Waals surface area contributed by atoms with Crippen molar-refractivity contribution in [3.8, 4) is 6.07 Å². The number of rotatable bonds is 3. The number of hydrogen-bond acceptors (Lipinski definition) is 4. The number of carboxylic acid groups (broad SMARTS) is 1. The van der Waals surface area contributed by atoms with Crippen LogP contribution in [0.15, 0.2) is 24.3 Å². The van der Waals surface area contributed by atoms with Crippen LogP contribution in [-0.2, 0) is 4.79 Å². The van der Waals surface area contributed by atoms with Crippen LogP contribution in [0.3, 0.4) is 0 Å². The Kier molecular flexibility index (Phi) is 4.37. The molecule has 1 aliphatic rings. The van der Waals surface area contributed by atoms with Gasteiger partial charge < -0.3 is 15.3 Å². The molecule has 1 aromatic rings. The Balaban J connectivity index is 2.18. The van der Waals surface area contributed by atoms with E-state index < -0.39 is 5.97 Å². The summed E-state index contributed by atoms with van der Waals surface area (Å²) in [4.78, 5) is 12.9. The summed E-state index contributed by atoms with van der Waals surface area (Å²) in [6.07, 6.45) is 1.04. The van der Waals surface area contributed by atoms with Crippen molar-refractivity contribution in [3.05, 3.63) is 29.8 Å². The lowest BCUT2D eigenvalue weighted by Gasteiger charge is -2.26. The van der Waals surface area contributed by atoms with E-state index in [1.807, 2.05) is 18.2 Å². The van der Waals surface area contributed by atoms with Gasteiger partial charge in [0.1, 0.15) is 6.07 Å². The van der Waals surface area contributed by atoms with Crippen LogP contribution in [0.25, 0.3) is 0 Å². The molecule has 1 saturated heterocycles. The molecule has 0 bridgehead atoms. The van der Waals surface area contributed by atoms with E-state index in [1.54, 1.807) is 6.07 Å². The van der Waals surface area contributed by atoms with Crippen molar-refractivity contribution in [2.24, 2.45) is 0 Å². The molecule has 2 N–H and O–H groups in total. The number of benzene rings is 1. The number of para-hydroxylation sites is 1. The highest BCUT2D eigenvalue weighted by atomic mass is 16.4. The van der Waals surface area contributed by atoms with Gasteiger partial charge in [-0.05, 0) is 25.1 Å². The maximum atomic E-state index is 10.8. The van der Waals surface area contributed by atoms with Crippen LogP contribution in [-0.4, -0.2) is 36.8 Å². The predicted molar refractivity (Wildman–Crippen MR) is 72.0 cm³/mol. The fourth-order valence-corrected chi connectivity index (χ4v) is 2.41. The number of nitrogens with one attached hydrogen (secondary N) is 1. The summed E-state index contributed by atoms with van der Waals surface area (Å²) in [5, 5.41) is 21.3. The molecule has 1 aromatic carbocycles. The Morgan fingerprint density at radius 2 is 2.32 bits per heavy atom. The number of carboxylic acids is 1. The fourth-order valence-electron chi connectivity index (χ4n) is 2.41. The smallest absolute Gasteiger partial charge is 0.304 e. The Morgan fingerprint density at radius 3 is 3.05 bits per heavy atom. The lowest BCUT2D eigenvalue weighted by atomic mass is 10.1. The van der Waals surface area contributed by atoms with Gasteiger partial charge in [-0.3, -0.25) is 4.79 Å². The molecule has 1 heterocycles. The summed E-state index contributed by atoms with van der Waals surface area (Å²) in [7, 11) is 0. The van der Waals surface area contributed by atoms with E-state index in [0.29, 0.717) is 12.1 Å². The quantitative estimate of drug-likeness (QED) is 0.853. The van der Waals surface area contributed by atoms with Crippen LogP contribution >= 0.6 is 0 Å². The molecule has 100 valence electrons. The third-order valence-electron chi connectivity index (χ3n) is 3.26. The van der Waals surface area contributed by atoms with Gasteiger partial charge in [-0.25, -0.2) is 0 Å². The normalized spacial score (nSPS) is 19.5. The van der Waals surface area contributed by atoms with Crippen molar-refractivity contribution in [2.75, 3.05) is 24.5 Å². The van der Waals surface area contributed by atoms with Gasteiger partial charge in [-0.2, -0.15) is 5.26 Å². The molecular formula is C14H17N3O2. The molecule has 0 saturated carbocycles. The molecule has 0 spiro atoms.